The highest BCUT2D eigenvalue weighted by molar-refractivity contribution is 5.76. The number of carbonyl (C=O) groups excluding carboxylic acids is 1. The van der Waals surface area contributed by atoms with Crippen molar-refractivity contribution in [1.29, 1.82) is 0 Å². The summed E-state index contributed by atoms with van der Waals surface area (Å²) in [5.74, 6) is 2.70. The largest absolute Gasteiger partial charge is 0.491 e. The fourth-order valence-electron chi connectivity index (χ4n) is 5.15. The maximum absolute atomic E-state index is 12.7. The van der Waals surface area contributed by atoms with Crippen LogP contribution in [0.5, 0.6) is 5.75 Å². The lowest BCUT2D eigenvalue weighted by Crippen LogP contribution is -2.51. The maximum atomic E-state index is 12.7. The molecule has 3 aromatic rings. The lowest BCUT2D eigenvalue weighted by Gasteiger charge is -2.39. The van der Waals surface area contributed by atoms with E-state index in [-0.39, 0.29) is 18.7 Å². The van der Waals surface area contributed by atoms with Crippen molar-refractivity contribution in [2.45, 2.75) is 45.8 Å². The summed E-state index contributed by atoms with van der Waals surface area (Å²) in [5, 5.41) is 17.2. The minimum atomic E-state index is -0.619. The first-order chi connectivity index (χ1) is 19.1. The number of benzene rings is 1. The molecule has 1 saturated heterocycles. The van der Waals surface area contributed by atoms with Crippen LogP contribution in [-0.4, -0.2) is 103 Å². The predicted octanol–water partition coefficient (Wildman–Crippen LogP) is 3.27. The quantitative estimate of drug-likeness (QED) is 0.413. The van der Waals surface area contributed by atoms with Crippen LogP contribution < -0.4 is 15.0 Å². The van der Waals surface area contributed by atoms with Crippen molar-refractivity contribution in [1.82, 2.24) is 30.2 Å². The molecular formula is C29H41N7O4. The van der Waals surface area contributed by atoms with Crippen LogP contribution >= 0.6 is 0 Å². The Balaban J connectivity index is 1.74. The third-order valence-electron chi connectivity index (χ3n) is 7.29. The van der Waals surface area contributed by atoms with Crippen molar-refractivity contribution >= 4 is 11.8 Å². The molecule has 1 aliphatic heterocycles. The Bertz CT molecular complexity index is 1310. The highest BCUT2D eigenvalue weighted by Gasteiger charge is 2.30. The van der Waals surface area contributed by atoms with E-state index in [4.69, 9.17) is 19.2 Å². The highest BCUT2D eigenvalue weighted by atomic mass is 16.5. The zero-order valence-corrected chi connectivity index (χ0v) is 24.6. The number of nitrogens with zero attached hydrogens (tertiary/aromatic N) is 6. The molecule has 0 radical (unpaired) electrons. The van der Waals surface area contributed by atoms with Crippen LogP contribution in [0, 0.1) is 20.8 Å². The van der Waals surface area contributed by atoms with Crippen molar-refractivity contribution in [2.75, 3.05) is 59.3 Å². The smallest absolute Gasteiger partial charge is 0.319 e. The van der Waals surface area contributed by atoms with Gasteiger partial charge in [0.2, 0.25) is 0 Å². The lowest BCUT2D eigenvalue weighted by atomic mass is 10.0. The molecule has 0 aliphatic carbocycles. The minimum Gasteiger partial charge on any atom is -0.491 e. The van der Waals surface area contributed by atoms with Gasteiger partial charge in [-0.15, -0.1) is 0 Å². The standard InChI is InChI=1S/C29H41N7O4/c1-18-26(25-19(2)33-40-20(25)3)31-27(21-10-8-12-24(14-21)39-17-23(37)15-30-4)32-28(18)36-13-9-11-22(16-36)35(7)29(38)34(5)6/h8,10,12,14,22-23,30,37H,9,11,13,15-17H2,1-7H3/t22-,23?/m0/s1. The number of carbonyl (C=O) groups is 1. The first kappa shape index (κ1) is 29.3. The first-order valence-electron chi connectivity index (χ1n) is 13.7. The topological polar surface area (TPSA) is 120 Å². The summed E-state index contributed by atoms with van der Waals surface area (Å²) in [6, 6.07) is 7.63. The summed E-state index contributed by atoms with van der Waals surface area (Å²) in [5.41, 5.74) is 4.12. The second-order valence-electron chi connectivity index (χ2n) is 10.6. The van der Waals surface area contributed by atoms with Gasteiger partial charge in [-0.2, -0.15) is 0 Å². The monoisotopic (exact) mass is 551 g/mol. The van der Waals surface area contributed by atoms with Crippen molar-refractivity contribution in [3.05, 3.63) is 41.3 Å². The van der Waals surface area contributed by atoms with Crippen molar-refractivity contribution in [2.24, 2.45) is 0 Å². The molecule has 2 aromatic heterocycles. The average molecular weight is 552 g/mol. The van der Waals surface area contributed by atoms with Gasteiger partial charge in [-0.3, -0.25) is 0 Å². The van der Waals surface area contributed by atoms with Gasteiger partial charge < -0.3 is 34.4 Å². The van der Waals surface area contributed by atoms with E-state index < -0.39 is 6.10 Å². The molecule has 0 spiro atoms. The third kappa shape index (κ3) is 6.37. The molecule has 3 heterocycles. The van der Waals surface area contributed by atoms with Crippen LogP contribution in [0.4, 0.5) is 10.6 Å². The number of rotatable bonds is 9. The molecule has 11 nitrogen and oxygen atoms in total. The third-order valence-corrected chi connectivity index (χ3v) is 7.29. The number of aliphatic hydroxyl groups excluding tert-OH is 1. The van der Waals surface area contributed by atoms with E-state index in [0.29, 0.717) is 30.4 Å². The van der Waals surface area contributed by atoms with E-state index in [1.54, 1.807) is 26.0 Å². The summed E-state index contributed by atoms with van der Waals surface area (Å²) in [7, 11) is 7.20. The zero-order valence-electron chi connectivity index (χ0n) is 24.6. The number of piperidine rings is 1. The molecule has 0 bridgehead atoms. The number of hydrogen-bond acceptors (Lipinski definition) is 9. The SMILES string of the molecule is CNCC(O)COc1cccc(-c2nc(-c3c(C)noc3C)c(C)c(N3CCC[C@H](N(C)C(=O)N(C)C)C3)n2)c1. The Kier molecular flexibility index (Phi) is 9.26. The fraction of sp³-hybridized carbons (Fsp3) is 0.517. The Hall–Kier alpha value is -3.70. The predicted molar refractivity (Wildman–Crippen MR) is 155 cm³/mol. The van der Waals surface area contributed by atoms with E-state index in [0.717, 1.165) is 53.3 Å². The van der Waals surface area contributed by atoms with Gasteiger partial charge in [0.1, 0.15) is 30.0 Å². The number of likely N-dealkylation sites (N-methyl/N-ethyl adjacent to an activating group) is 2. The first-order valence-corrected chi connectivity index (χ1v) is 13.7. The molecule has 216 valence electrons. The van der Waals surface area contributed by atoms with Crippen LogP contribution in [0.3, 0.4) is 0 Å². The normalized spacial score (nSPS) is 16.1. The van der Waals surface area contributed by atoms with Gasteiger partial charge in [-0.05, 0) is 52.8 Å². The maximum Gasteiger partial charge on any atom is 0.319 e. The van der Waals surface area contributed by atoms with E-state index in [1.165, 1.54) is 0 Å². The van der Waals surface area contributed by atoms with Crippen LogP contribution in [0.1, 0.15) is 29.9 Å². The van der Waals surface area contributed by atoms with Crippen LogP contribution in [-0.2, 0) is 0 Å². The van der Waals surface area contributed by atoms with Crippen LogP contribution in [0.25, 0.3) is 22.6 Å². The van der Waals surface area contributed by atoms with Crippen LogP contribution in [0.15, 0.2) is 28.8 Å². The molecule has 11 heteroatoms. The van der Waals surface area contributed by atoms with Crippen molar-refractivity contribution in [3.8, 4) is 28.4 Å². The van der Waals surface area contributed by atoms with Gasteiger partial charge in [-0.25, -0.2) is 14.8 Å². The number of anilines is 1. The molecule has 2 N–H and O–H groups in total. The number of hydrogen-bond donors (Lipinski definition) is 2. The number of ether oxygens (including phenoxy) is 1. The molecule has 0 saturated carbocycles. The average Bonchev–Trinajstić information content (AvgIpc) is 3.28. The van der Waals surface area contributed by atoms with Gasteiger partial charge in [0.25, 0.3) is 0 Å². The zero-order chi connectivity index (χ0) is 29.0. The molecule has 1 aromatic carbocycles. The van der Waals surface area contributed by atoms with Gasteiger partial charge in [0.05, 0.1) is 23.0 Å². The molecule has 2 atom stereocenters. The Morgan fingerprint density at radius 2 is 2.02 bits per heavy atom. The molecular weight excluding hydrogens is 510 g/mol. The second-order valence-corrected chi connectivity index (χ2v) is 10.6. The van der Waals surface area contributed by atoms with E-state index in [2.05, 4.69) is 15.4 Å². The fourth-order valence-corrected chi connectivity index (χ4v) is 5.15. The molecule has 2 amide bonds. The van der Waals surface area contributed by atoms with Crippen molar-refractivity contribution in [3.63, 3.8) is 0 Å². The van der Waals surface area contributed by atoms with Crippen molar-refractivity contribution < 1.29 is 19.2 Å². The summed E-state index contributed by atoms with van der Waals surface area (Å²) < 4.78 is 11.4. The number of aliphatic hydroxyl groups is 1. The Morgan fingerprint density at radius 1 is 1.25 bits per heavy atom. The number of nitrogens with one attached hydrogen (secondary N) is 1. The molecule has 4 rings (SSSR count). The number of aromatic nitrogens is 3. The van der Waals surface area contributed by atoms with Gasteiger partial charge >= 0.3 is 6.03 Å². The minimum absolute atomic E-state index is 0.0139. The Morgan fingerprint density at radius 3 is 2.70 bits per heavy atom. The Labute approximate surface area is 236 Å². The van der Waals surface area contributed by atoms with Gasteiger partial charge in [-0.1, -0.05) is 17.3 Å². The number of aryl methyl sites for hydroxylation is 2. The van der Waals surface area contributed by atoms with Gasteiger partial charge in [0.15, 0.2) is 5.82 Å². The molecule has 1 fully saturated rings. The van der Waals surface area contributed by atoms with E-state index in [1.807, 2.05) is 57.0 Å². The summed E-state index contributed by atoms with van der Waals surface area (Å²) in [6.45, 7) is 7.93. The lowest BCUT2D eigenvalue weighted by molar-refractivity contribution is 0.108. The number of amides is 2. The highest BCUT2D eigenvalue weighted by Crippen LogP contribution is 2.36. The summed E-state index contributed by atoms with van der Waals surface area (Å²) in [6.07, 6.45) is 1.25. The van der Waals surface area contributed by atoms with Crippen LogP contribution in [0.2, 0.25) is 0 Å². The molecule has 1 aliphatic rings. The van der Waals surface area contributed by atoms with E-state index >= 15 is 0 Å². The van der Waals surface area contributed by atoms with E-state index in [9.17, 15) is 9.90 Å². The summed E-state index contributed by atoms with van der Waals surface area (Å²) in [4.78, 5) is 28.5. The molecule has 40 heavy (non-hydrogen) atoms. The number of urea groups is 1. The molecule has 1 unspecified atom stereocenters. The summed E-state index contributed by atoms with van der Waals surface area (Å²) >= 11 is 0. The van der Waals surface area contributed by atoms with Gasteiger partial charge in [0, 0.05) is 51.9 Å². The second kappa shape index (κ2) is 12.6.